The molecule has 2 aromatic rings. The maximum absolute atomic E-state index is 12.5. The lowest BCUT2D eigenvalue weighted by molar-refractivity contribution is -0.384. The number of rotatable bonds is 5. The van der Waals surface area contributed by atoms with Crippen LogP contribution in [-0.4, -0.2) is 48.2 Å². The summed E-state index contributed by atoms with van der Waals surface area (Å²) in [6, 6.07) is 10.7. The van der Waals surface area contributed by atoms with E-state index in [1.165, 1.54) is 24.3 Å². The number of carbonyl (C=O) groups is 2. The molecule has 0 saturated carbocycles. The van der Waals surface area contributed by atoms with Gasteiger partial charge in [-0.25, -0.2) is 0 Å². The first-order valence-electron chi connectivity index (χ1n) is 8.99. The second-order valence-corrected chi connectivity index (χ2v) is 6.79. The maximum Gasteiger partial charge on any atom is 0.293 e. The number of nitro groups is 1. The van der Waals surface area contributed by atoms with Crippen molar-refractivity contribution in [1.29, 1.82) is 0 Å². The minimum absolute atomic E-state index is 0.0750. The number of ether oxygens (including phenoxy) is 1. The van der Waals surface area contributed by atoms with Crippen molar-refractivity contribution < 1.29 is 19.2 Å². The van der Waals surface area contributed by atoms with Gasteiger partial charge in [0.15, 0.2) is 5.11 Å². The molecule has 3 rings (SSSR count). The van der Waals surface area contributed by atoms with Gasteiger partial charge < -0.3 is 20.7 Å². The smallest absolute Gasteiger partial charge is 0.293 e. The molecule has 0 unspecified atom stereocenters. The van der Waals surface area contributed by atoms with Gasteiger partial charge in [-0.05, 0) is 36.5 Å². The maximum atomic E-state index is 12.5. The van der Waals surface area contributed by atoms with Crippen molar-refractivity contribution in [3.8, 4) is 0 Å². The molecule has 0 radical (unpaired) electrons. The molecule has 0 aliphatic carbocycles. The summed E-state index contributed by atoms with van der Waals surface area (Å²) in [7, 11) is 0. The summed E-state index contributed by atoms with van der Waals surface area (Å²) >= 11 is 5.12. The average molecular weight is 429 g/mol. The molecule has 0 aromatic heterocycles. The Morgan fingerprint density at radius 3 is 2.53 bits per heavy atom. The fourth-order valence-corrected chi connectivity index (χ4v) is 3.22. The van der Waals surface area contributed by atoms with E-state index in [1.54, 1.807) is 18.2 Å². The van der Waals surface area contributed by atoms with E-state index in [0.717, 1.165) is 0 Å². The van der Waals surface area contributed by atoms with Crippen LogP contribution in [0, 0.1) is 10.1 Å². The lowest BCUT2D eigenvalue weighted by Gasteiger charge is -2.28. The first-order valence-corrected chi connectivity index (χ1v) is 9.40. The summed E-state index contributed by atoms with van der Waals surface area (Å²) in [4.78, 5) is 36.9. The zero-order valence-corrected chi connectivity index (χ0v) is 16.6. The molecule has 0 bridgehead atoms. The van der Waals surface area contributed by atoms with Crippen LogP contribution in [0.15, 0.2) is 42.5 Å². The minimum Gasteiger partial charge on any atom is -0.378 e. The number of primary amides is 1. The van der Waals surface area contributed by atoms with E-state index in [0.29, 0.717) is 37.7 Å². The molecule has 30 heavy (non-hydrogen) atoms. The topological polar surface area (TPSA) is 140 Å². The predicted molar refractivity (Wildman–Crippen MR) is 115 cm³/mol. The van der Waals surface area contributed by atoms with E-state index < -0.39 is 16.7 Å². The molecule has 0 atom stereocenters. The Labute approximate surface area is 177 Å². The number of nitrogens with two attached hydrogens (primary N) is 1. The van der Waals surface area contributed by atoms with Gasteiger partial charge in [-0.1, -0.05) is 12.1 Å². The first kappa shape index (κ1) is 21.1. The lowest BCUT2D eigenvalue weighted by Crippen LogP contribution is -2.37. The standard InChI is InChI=1S/C19H19N5O5S/c20-17(25)13-3-1-2-4-14(13)21-19(30)22-18(26)12-5-6-15(16(11-12)24(27)28)23-7-9-29-10-8-23/h1-6,11H,7-10H2,(H2,20,25)(H2,21,22,26,30). The van der Waals surface area contributed by atoms with Gasteiger partial charge in [0.1, 0.15) is 5.69 Å². The number of hydrogen-bond donors (Lipinski definition) is 3. The number of benzene rings is 2. The Morgan fingerprint density at radius 2 is 1.87 bits per heavy atom. The van der Waals surface area contributed by atoms with Gasteiger partial charge in [-0.15, -0.1) is 0 Å². The molecule has 4 N–H and O–H groups in total. The molecule has 156 valence electrons. The number of amides is 2. The molecule has 0 spiro atoms. The van der Waals surface area contributed by atoms with Crippen LogP contribution < -0.4 is 21.3 Å². The molecule has 1 aliphatic heterocycles. The summed E-state index contributed by atoms with van der Waals surface area (Å²) < 4.78 is 5.27. The Balaban J connectivity index is 1.75. The van der Waals surface area contributed by atoms with Crippen LogP contribution in [0.4, 0.5) is 17.1 Å². The third-order valence-corrected chi connectivity index (χ3v) is 4.66. The summed E-state index contributed by atoms with van der Waals surface area (Å²) in [5.74, 6) is -1.28. The van der Waals surface area contributed by atoms with E-state index in [9.17, 15) is 19.7 Å². The molecule has 2 aromatic carbocycles. The fourth-order valence-electron chi connectivity index (χ4n) is 3.02. The lowest BCUT2D eigenvalue weighted by atomic mass is 10.1. The van der Waals surface area contributed by atoms with Crippen LogP contribution >= 0.6 is 12.2 Å². The number of nitrogens with one attached hydrogen (secondary N) is 2. The van der Waals surface area contributed by atoms with Crippen LogP contribution in [0.25, 0.3) is 0 Å². The van der Waals surface area contributed by atoms with Gasteiger partial charge in [0.05, 0.1) is 29.4 Å². The quantitative estimate of drug-likeness (QED) is 0.370. The van der Waals surface area contributed by atoms with Crippen molar-refractivity contribution in [3.63, 3.8) is 0 Å². The highest BCUT2D eigenvalue weighted by Crippen LogP contribution is 2.30. The van der Waals surface area contributed by atoms with Crippen LogP contribution in [0.3, 0.4) is 0 Å². The normalized spacial score (nSPS) is 13.4. The van der Waals surface area contributed by atoms with Gasteiger partial charge in [0.25, 0.3) is 17.5 Å². The minimum atomic E-state index is -0.651. The van der Waals surface area contributed by atoms with E-state index in [4.69, 9.17) is 22.7 Å². The summed E-state index contributed by atoms with van der Waals surface area (Å²) in [6.07, 6.45) is 0. The van der Waals surface area contributed by atoms with Gasteiger partial charge >= 0.3 is 0 Å². The Kier molecular flexibility index (Phi) is 6.54. The number of morpholine rings is 1. The Bertz CT molecular complexity index is 1010. The summed E-state index contributed by atoms with van der Waals surface area (Å²) in [6.45, 7) is 2.01. The van der Waals surface area contributed by atoms with Gasteiger partial charge in [-0.2, -0.15) is 0 Å². The van der Waals surface area contributed by atoms with Gasteiger partial charge in [0.2, 0.25) is 0 Å². The van der Waals surface area contributed by atoms with E-state index in [2.05, 4.69) is 10.6 Å². The van der Waals surface area contributed by atoms with Crippen molar-refractivity contribution >= 4 is 46.2 Å². The zero-order chi connectivity index (χ0) is 21.7. The second kappa shape index (κ2) is 9.29. The number of carbonyl (C=O) groups excluding carboxylic acids is 2. The SMILES string of the molecule is NC(=O)c1ccccc1NC(=S)NC(=O)c1ccc(N2CCOCC2)c([N+](=O)[O-])c1. The molecule has 10 nitrogen and oxygen atoms in total. The Hall–Kier alpha value is -3.57. The number of para-hydroxylation sites is 1. The predicted octanol–water partition coefficient (Wildman–Crippen LogP) is 1.66. The highest BCUT2D eigenvalue weighted by molar-refractivity contribution is 7.80. The number of hydrogen-bond acceptors (Lipinski definition) is 7. The monoisotopic (exact) mass is 429 g/mol. The molecular weight excluding hydrogens is 410 g/mol. The largest absolute Gasteiger partial charge is 0.378 e. The van der Waals surface area contributed by atoms with Crippen LogP contribution in [0.1, 0.15) is 20.7 Å². The molecule has 1 fully saturated rings. The third-order valence-electron chi connectivity index (χ3n) is 4.45. The van der Waals surface area contributed by atoms with Crippen LogP contribution in [0.2, 0.25) is 0 Å². The van der Waals surface area contributed by atoms with Gasteiger partial charge in [0, 0.05) is 24.7 Å². The van der Waals surface area contributed by atoms with Crippen molar-refractivity contribution in [1.82, 2.24) is 5.32 Å². The first-order chi connectivity index (χ1) is 14.4. The Morgan fingerprint density at radius 1 is 1.17 bits per heavy atom. The number of thiocarbonyl (C=S) groups is 1. The van der Waals surface area contributed by atoms with Crippen molar-refractivity contribution in [2.24, 2.45) is 5.73 Å². The third kappa shape index (κ3) is 4.88. The van der Waals surface area contributed by atoms with E-state index in [-0.39, 0.29) is 21.9 Å². The van der Waals surface area contributed by atoms with E-state index in [1.807, 2.05) is 4.90 Å². The number of nitrogens with zero attached hydrogens (tertiary/aromatic N) is 2. The molecule has 2 amide bonds. The second-order valence-electron chi connectivity index (χ2n) is 6.38. The van der Waals surface area contributed by atoms with E-state index >= 15 is 0 Å². The number of nitro benzene ring substituents is 1. The molecule has 1 saturated heterocycles. The highest BCUT2D eigenvalue weighted by Gasteiger charge is 2.23. The van der Waals surface area contributed by atoms with Gasteiger partial charge in [-0.3, -0.25) is 25.0 Å². The molecular formula is C19H19N5O5S. The number of anilines is 2. The molecule has 1 aliphatic rings. The summed E-state index contributed by atoms with van der Waals surface area (Å²) in [5, 5.41) is 16.6. The fraction of sp³-hybridized carbons (Fsp3) is 0.211. The van der Waals surface area contributed by atoms with Crippen molar-refractivity contribution in [2.45, 2.75) is 0 Å². The average Bonchev–Trinajstić information content (AvgIpc) is 2.74. The highest BCUT2D eigenvalue weighted by atomic mass is 32.1. The van der Waals surface area contributed by atoms with Crippen molar-refractivity contribution in [3.05, 3.63) is 63.7 Å². The molecule has 1 heterocycles. The van der Waals surface area contributed by atoms with Crippen LogP contribution in [0.5, 0.6) is 0 Å². The van der Waals surface area contributed by atoms with Crippen LogP contribution in [-0.2, 0) is 4.74 Å². The zero-order valence-electron chi connectivity index (χ0n) is 15.8. The summed E-state index contributed by atoms with van der Waals surface area (Å²) in [5.41, 5.74) is 6.19. The molecule has 11 heteroatoms. The van der Waals surface area contributed by atoms with Crippen molar-refractivity contribution in [2.75, 3.05) is 36.5 Å².